The quantitative estimate of drug-likeness (QED) is 0.515. The van der Waals surface area contributed by atoms with Crippen LogP contribution in [0.3, 0.4) is 0 Å². The van der Waals surface area contributed by atoms with E-state index in [4.69, 9.17) is 28.2 Å². The monoisotopic (exact) mass is 369 g/mol. The molecule has 126 valence electrons. The smallest absolute Gasteiger partial charge is 0.163 e. The number of hydrogen-bond donors (Lipinski definition) is 0. The summed E-state index contributed by atoms with van der Waals surface area (Å²) in [5, 5.41) is 1.89. The van der Waals surface area contributed by atoms with Gasteiger partial charge in [-0.15, -0.1) is 13.2 Å². The summed E-state index contributed by atoms with van der Waals surface area (Å²) in [5.74, 6) is 1.36. The van der Waals surface area contributed by atoms with E-state index in [-0.39, 0.29) is 0 Å². The molecule has 25 heavy (non-hydrogen) atoms. The predicted octanol–water partition coefficient (Wildman–Crippen LogP) is 5.78. The Morgan fingerprint density at radius 1 is 0.920 bits per heavy atom. The predicted molar refractivity (Wildman–Crippen MR) is 108 cm³/mol. The molecule has 0 unspecified atom stereocenters. The highest BCUT2D eigenvalue weighted by atomic mass is 35.5. The normalized spacial score (nSPS) is 10.6. The highest BCUT2D eigenvalue weighted by molar-refractivity contribution is 6.43. The van der Waals surface area contributed by atoms with E-state index in [1.807, 2.05) is 48.6 Å². The first-order valence-corrected chi connectivity index (χ1v) is 8.59. The molecule has 0 atom stereocenters. The highest BCUT2D eigenvalue weighted by Crippen LogP contribution is 2.34. The number of anilines is 1. The molecule has 0 amide bonds. The van der Waals surface area contributed by atoms with Crippen molar-refractivity contribution in [1.82, 2.24) is 9.97 Å². The maximum atomic E-state index is 6.38. The Labute approximate surface area is 157 Å². The SMILES string of the molecule is C=CCN(CC=C)c1nc(-c2cccc(Cl)c2Cl)nc2ccccc12. The molecule has 3 rings (SSSR count). The number of fused-ring (bicyclic) bond motifs is 1. The Morgan fingerprint density at radius 2 is 1.64 bits per heavy atom. The number of benzene rings is 2. The van der Waals surface area contributed by atoms with Crippen LogP contribution in [0.5, 0.6) is 0 Å². The fraction of sp³-hybridized carbons (Fsp3) is 0.100. The van der Waals surface area contributed by atoms with Crippen LogP contribution in [0, 0.1) is 0 Å². The second-order valence-corrected chi connectivity index (χ2v) is 6.26. The molecule has 3 nitrogen and oxygen atoms in total. The number of rotatable bonds is 6. The Bertz CT molecular complexity index is 927. The van der Waals surface area contributed by atoms with Crippen LogP contribution in [0.2, 0.25) is 10.0 Å². The van der Waals surface area contributed by atoms with Crippen LogP contribution in [-0.4, -0.2) is 23.1 Å². The zero-order valence-corrected chi connectivity index (χ0v) is 15.1. The Balaban J connectivity index is 2.26. The Hall–Kier alpha value is -2.36. The van der Waals surface area contributed by atoms with Crippen LogP contribution in [0.4, 0.5) is 5.82 Å². The van der Waals surface area contributed by atoms with Crippen LogP contribution in [0.15, 0.2) is 67.8 Å². The summed E-state index contributed by atoms with van der Waals surface area (Å²) in [7, 11) is 0. The van der Waals surface area contributed by atoms with E-state index in [0.29, 0.717) is 34.5 Å². The fourth-order valence-electron chi connectivity index (χ4n) is 2.66. The summed E-state index contributed by atoms with van der Waals surface area (Å²) in [5.41, 5.74) is 1.55. The first-order chi connectivity index (χ1) is 12.2. The van der Waals surface area contributed by atoms with E-state index in [9.17, 15) is 0 Å². The van der Waals surface area contributed by atoms with Crippen molar-refractivity contribution < 1.29 is 0 Å². The molecule has 0 N–H and O–H groups in total. The van der Waals surface area contributed by atoms with Gasteiger partial charge in [0.25, 0.3) is 0 Å². The molecule has 0 aliphatic carbocycles. The molecule has 1 heterocycles. The lowest BCUT2D eigenvalue weighted by molar-refractivity contribution is 0.930. The minimum atomic E-state index is 0.449. The molecule has 1 aromatic heterocycles. The molecule has 0 aliphatic rings. The second-order valence-electron chi connectivity index (χ2n) is 5.47. The van der Waals surface area contributed by atoms with E-state index in [2.05, 4.69) is 23.0 Å². The van der Waals surface area contributed by atoms with Crippen molar-refractivity contribution in [2.75, 3.05) is 18.0 Å². The van der Waals surface area contributed by atoms with E-state index in [0.717, 1.165) is 16.7 Å². The lowest BCUT2D eigenvalue weighted by Crippen LogP contribution is -2.24. The van der Waals surface area contributed by atoms with Gasteiger partial charge in [0.05, 0.1) is 15.6 Å². The lowest BCUT2D eigenvalue weighted by atomic mass is 10.1. The summed E-state index contributed by atoms with van der Waals surface area (Å²) in [6.07, 6.45) is 3.68. The van der Waals surface area contributed by atoms with Crippen molar-refractivity contribution in [1.29, 1.82) is 0 Å². The van der Waals surface area contributed by atoms with Gasteiger partial charge >= 0.3 is 0 Å². The van der Waals surface area contributed by atoms with Crippen molar-refractivity contribution in [2.45, 2.75) is 0 Å². The lowest BCUT2D eigenvalue weighted by Gasteiger charge is -2.22. The molecule has 0 aliphatic heterocycles. The van der Waals surface area contributed by atoms with Crippen molar-refractivity contribution in [2.24, 2.45) is 0 Å². The van der Waals surface area contributed by atoms with Gasteiger partial charge in [0.2, 0.25) is 0 Å². The van der Waals surface area contributed by atoms with Gasteiger partial charge in [0.1, 0.15) is 5.82 Å². The van der Waals surface area contributed by atoms with Crippen LogP contribution in [-0.2, 0) is 0 Å². The van der Waals surface area contributed by atoms with Crippen LogP contribution < -0.4 is 4.90 Å². The maximum Gasteiger partial charge on any atom is 0.163 e. The van der Waals surface area contributed by atoms with Gasteiger partial charge in [-0.25, -0.2) is 9.97 Å². The second kappa shape index (κ2) is 7.68. The van der Waals surface area contributed by atoms with Gasteiger partial charge in [-0.3, -0.25) is 0 Å². The molecule has 0 saturated heterocycles. The number of para-hydroxylation sites is 1. The number of halogens is 2. The fourth-order valence-corrected chi connectivity index (χ4v) is 3.04. The molecule has 0 bridgehead atoms. The van der Waals surface area contributed by atoms with E-state index < -0.39 is 0 Å². The number of aromatic nitrogens is 2. The molecule has 0 radical (unpaired) electrons. The van der Waals surface area contributed by atoms with Crippen LogP contribution in [0.25, 0.3) is 22.3 Å². The van der Waals surface area contributed by atoms with Gasteiger partial charge in [-0.05, 0) is 24.3 Å². The third kappa shape index (κ3) is 3.53. The molecule has 3 aromatic rings. The van der Waals surface area contributed by atoms with Gasteiger partial charge in [0.15, 0.2) is 5.82 Å². The summed E-state index contributed by atoms with van der Waals surface area (Å²) in [4.78, 5) is 11.6. The molecular formula is C20H17Cl2N3. The molecular weight excluding hydrogens is 353 g/mol. The minimum Gasteiger partial charge on any atom is -0.349 e. The summed E-state index contributed by atoms with van der Waals surface area (Å²) in [6, 6.07) is 13.3. The van der Waals surface area contributed by atoms with E-state index in [1.165, 1.54) is 0 Å². The maximum absolute atomic E-state index is 6.38. The molecule has 2 aromatic carbocycles. The third-order valence-corrected chi connectivity index (χ3v) is 4.59. The van der Waals surface area contributed by atoms with Crippen LogP contribution in [0.1, 0.15) is 0 Å². The zero-order chi connectivity index (χ0) is 17.8. The van der Waals surface area contributed by atoms with E-state index >= 15 is 0 Å². The molecule has 0 fully saturated rings. The standard InChI is InChI=1S/C20H17Cl2N3/c1-3-12-25(13-4-2)20-14-8-5-6-11-17(14)23-19(24-20)15-9-7-10-16(21)18(15)22/h3-11H,1-2,12-13H2. The Morgan fingerprint density at radius 3 is 2.36 bits per heavy atom. The van der Waals surface area contributed by atoms with Gasteiger partial charge in [-0.1, -0.05) is 53.6 Å². The molecule has 0 spiro atoms. The highest BCUT2D eigenvalue weighted by Gasteiger charge is 2.16. The van der Waals surface area contributed by atoms with Crippen molar-refractivity contribution in [3.8, 4) is 11.4 Å². The van der Waals surface area contributed by atoms with Gasteiger partial charge < -0.3 is 4.90 Å². The third-order valence-electron chi connectivity index (χ3n) is 3.77. The van der Waals surface area contributed by atoms with Crippen molar-refractivity contribution in [3.63, 3.8) is 0 Å². The topological polar surface area (TPSA) is 29.0 Å². The number of nitrogens with zero attached hydrogens (tertiary/aromatic N) is 3. The Kier molecular flexibility index (Phi) is 5.37. The summed E-state index contributed by atoms with van der Waals surface area (Å²) in [6.45, 7) is 8.97. The first-order valence-electron chi connectivity index (χ1n) is 7.83. The number of hydrogen-bond acceptors (Lipinski definition) is 3. The largest absolute Gasteiger partial charge is 0.349 e. The minimum absolute atomic E-state index is 0.449. The van der Waals surface area contributed by atoms with E-state index in [1.54, 1.807) is 6.07 Å². The van der Waals surface area contributed by atoms with Crippen LogP contribution >= 0.6 is 23.2 Å². The van der Waals surface area contributed by atoms with Crippen molar-refractivity contribution in [3.05, 3.63) is 77.8 Å². The first kappa shape index (κ1) is 17.5. The average molecular weight is 370 g/mol. The zero-order valence-electron chi connectivity index (χ0n) is 13.6. The summed E-state index contributed by atoms with van der Waals surface area (Å²) >= 11 is 12.5. The van der Waals surface area contributed by atoms with Gasteiger partial charge in [0, 0.05) is 24.0 Å². The molecule has 0 saturated carbocycles. The summed E-state index contributed by atoms with van der Waals surface area (Å²) < 4.78 is 0. The molecule has 5 heteroatoms. The van der Waals surface area contributed by atoms with Gasteiger partial charge in [-0.2, -0.15) is 0 Å². The van der Waals surface area contributed by atoms with Crippen molar-refractivity contribution >= 4 is 39.9 Å². The average Bonchev–Trinajstić information content (AvgIpc) is 2.63.